The average Bonchev–Trinajstić information content (AvgIpc) is 3.08. The summed E-state index contributed by atoms with van der Waals surface area (Å²) in [6, 6.07) is 2.14. The molecular formula is C12H15N3OS2. The second-order valence-electron chi connectivity index (χ2n) is 4.06. The van der Waals surface area contributed by atoms with Gasteiger partial charge in [0.15, 0.2) is 0 Å². The summed E-state index contributed by atoms with van der Waals surface area (Å²) >= 11 is 3.48. The molecule has 0 bridgehead atoms. The lowest BCUT2D eigenvalue weighted by atomic mass is 10.3. The van der Waals surface area contributed by atoms with Crippen molar-refractivity contribution in [2.75, 3.05) is 26.3 Å². The molecule has 2 aromatic rings. The van der Waals surface area contributed by atoms with E-state index in [0.29, 0.717) is 0 Å². The summed E-state index contributed by atoms with van der Waals surface area (Å²) in [6.07, 6.45) is 1.96. The number of hydrogen-bond acceptors (Lipinski definition) is 6. The van der Waals surface area contributed by atoms with Crippen LogP contribution >= 0.6 is 22.7 Å². The van der Waals surface area contributed by atoms with Crippen molar-refractivity contribution in [3.63, 3.8) is 0 Å². The van der Waals surface area contributed by atoms with Crippen LogP contribution in [0.2, 0.25) is 0 Å². The minimum atomic E-state index is 0.800. The summed E-state index contributed by atoms with van der Waals surface area (Å²) in [6.45, 7) is 4.32. The predicted octanol–water partition coefficient (Wildman–Crippen LogP) is 2.21. The van der Waals surface area contributed by atoms with Gasteiger partial charge in [-0.2, -0.15) is 11.3 Å². The van der Waals surface area contributed by atoms with Crippen LogP contribution in [-0.4, -0.2) is 36.3 Å². The highest BCUT2D eigenvalue weighted by Gasteiger charge is 2.10. The van der Waals surface area contributed by atoms with E-state index < -0.39 is 0 Å². The predicted molar refractivity (Wildman–Crippen MR) is 74.7 cm³/mol. The number of aromatic nitrogens is 1. The first-order valence-corrected chi connectivity index (χ1v) is 7.71. The minimum Gasteiger partial charge on any atom is -0.379 e. The van der Waals surface area contributed by atoms with Gasteiger partial charge in [-0.05, 0) is 16.8 Å². The van der Waals surface area contributed by atoms with Gasteiger partial charge in [0.05, 0.1) is 24.6 Å². The third-order valence-electron chi connectivity index (χ3n) is 2.82. The molecule has 0 atom stereocenters. The molecule has 1 aliphatic heterocycles. The van der Waals surface area contributed by atoms with Gasteiger partial charge >= 0.3 is 0 Å². The normalized spacial score (nSPS) is 17.1. The molecule has 0 unspecified atom stereocenters. The molecule has 0 amide bonds. The molecule has 0 spiro atoms. The standard InChI is InChI=1S/C12H15N3OS2/c1-6-17-9-10(1)11-7-13-12(18-11)8-14-15-2-4-16-5-3-15/h1,6-7,9,14H,2-5,8H2. The summed E-state index contributed by atoms with van der Waals surface area (Å²) < 4.78 is 5.31. The van der Waals surface area contributed by atoms with E-state index in [0.717, 1.165) is 37.9 Å². The number of morpholine rings is 1. The van der Waals surface area contributed by atoms with Crippen LogP contribution in [0.4, 0.5) is 0 Å². The topological polar surface area (TPSA) is 37.4 Å². The monoisotopic (exact) mass is 281 g/mol. The fourth-order valence-corrected chi connectivity index (χ4v) is 3.41. The van der Waals surface area contributed by atoms with Crippen LogP contribution in [0, 0.1) is 0 Å². The number of thiophene rings is 1. The Morgan fingerprint density at radius 2 is 2.28 bits per heavy atom. The second kappa shape index (κ2) is 5.90. The Morgan fingerprint density at radius 3 is 3.06 bits per heavy atom. The molecule has 3 rings (SSSR count). The zero-order valence-electron chi connectivity index (χ0n) is 9.96. The van der Waals surface area contributed by atoms with Crippen LogP contribution in [0.3, 0.4) is 0 Å². The Bertz CT molecular complexity index is 477. The largest absolute Gasteiger partial charge is 0.379 e. The lowest BCUT2D eigenvalue weighted by Gasteiger charge is -2.26. The van der Waals surface area contributed by atoms with Gasteiger partial charge in [-0.15, -0.1) is 11.3 Å². The summed E-state index contributed by atoms with van der Waals surface area (Å²) in [7, 11) is 0. The summed E-state index contributed by atoms with van der Waals surface area (Å²) in [5.41, 5.74) is 4.67. The molecule has 1 aliphatic rings. The SMILES string of the molecule is c1cc(-c2cnc(CNN3CCOCC3)s2)cs1. The molecule has 0 radical (unpaired) electrons. The number of hydrazine groups is 1. The van der Waals surface area contributed by atoms with Crippen molar-refractivity contribution in [3.8, 4) is 10.4 Å². The van der Waals surface area contributed by atoms with Crippen LogP contribution in [-0.2, 0) is 11.3 Å². The van der Waals surface area contributed by atoms with Crippen LogP contribution < -0.4 is 5.43 Å². The molecule has 3 heterocycles. The highest BCUT2D eigenvalue weighted by atomic mass is 32.1. The Balaban J connectivity index is 1.57. The summed E-state index contributed by atoms with van der Waals surface area (Å²) in [5, 5.41) is 7.59. The van der Waals surface area contributed by atoms with Crippen LogP contribution in [0.15, 0.2) is 23.0 Å². The zero-order chi connectivity index (χ0) is 12.2. The number of hydrogen-bond donors (Lipinski definition) is 1. The van der Waals surface area contributed by atoms with E-state index in [2.05, 4.69) is 32.2 Å². The van der Waals surface area contributed by atoms with Crippen molar-refractivity contribution < 1.29 is 4.74 Å². The number of nitrogens with one attached hydrogen (secondary N) is 1. The Kier molecular flexibility index (Phi) is 4.02. The fraction of sp³-hybridized carbons (Fsp3) is 0.417. The lowest BCUT2D eigenvalue weighted by Crippen LogP contribution is -2.45. The van der Waals surface area contributed by atoms with Crippen molar-refractivity contribution in [1.29, 1.82) is 0 Å². The number of ether oxygens (including phenoxy) is 1. The number of thiazole rings is 1. The molecule has 0 saturated carbocycles. The van der Waals surface area contributed by atoms with Gasteiger partial charge in [-0.3, -0.25) is 0 Å². The van der Waals surface area contributed by atoms with Gasteiger partial charge in [-0.1, -0.05) is 0 Å². The molecule has 2 aromatic heterocycles. The van der Waals surface area contributed by atoms with Gasteiger partial charge < -0.3 is 4.74 Å². The minimum absolute atomic E-state index is 0.800. The van der Waals surface area contributed by atoms with E-state index in [1.54, 1.807) is 22.7 Å². The van der Waals surface area contributed by atoms with E-state index in [4.69, 9.17) is 4.74 Å². The van der Waals surface area contributed by atoms with E-state index in [1.807, 2.05) is 6.20 Å². The molecule has 0 aromatic carbocycles. The van der Waals surface area contributed by atoms with E-state index in [1.165, 1.54) is 10.4 Å². The van der Waals surface area contributed by atoms with E-state index in [9.17, 15) is 0 Å². The molecule has 1 N–H and O–H groups in total. The molecule has 1 fully saturated rings. The van der Waals surface area contributed by atoms with Crippen molar-refractivity contribution in [1.82, 2.24) is 15.4 Å². The van der Waals surface area contributed by atoms with Crippen molar-refractivity contribution in [2.45, 2.75) is 6.54 Å². The average molecular weight is 281 g/mol. The third-order valence-corrected chi connectivity index (χ3v) is 4.55. The van der Waals surface area contributed by atoms with Gasteiger partial charge in [0.2, 0.25) is 0 Å². The van der Waals surface area contributed by atoms with Crippen LogP contribution in [0.5, 0.6) is 0 Å². The third kappa shape index (κ3) is 2.96. The molecule has 6 heteroatoms. The van der Waals surface area contributed by atoms with Gasteiger partial charge in [0, 0.05) is 24.8 Å². The van der Waals surface area contributed by atoms with Crippen molar-refractivity contribution >= 4 is 22.7 Å². The van der Waals surface area contributed by atoms with Crippen LogP contribution in [0.25, 0.3) is 10.4 Å². The number of nitrogens with zero attached hydrogens (tertiary/aromatic N) is 2. The van der Waals surface area contributed by atoms with Gasteiger partial charge in [-0.25, -0.2) is 15.4 Å². The maximum absolute atomic E-state index is 5.31. The van der Waals surface area contributed by atoms with E-state index >= 15 is 0 Å². The quantitative estimate of drug-likeness (QED) is 0.932. The molecule has 18 heavy (non-hydrogen) atoms. The molecule has 1 saturated heterocycles. The Morgan fingerprint density at radius 1 is 1.39 bits per heavy atom. The molecular weight excluding hydrogens is 266 g/mol. The highest BCUT2D eigenvalue weighted by Crippen LogP contribution is 2.27. The Labute approximate surface area is 114 Å². The maximum Gasteiger partial charge on any atom is 0.108 e. The smallest absolute Gasteiger partial charge is 0.108 e. The van der Waals surface area contributed by atoms with Gasteiger partial charge in [0.25, 0.3) is 0 Å². The molecule has 0 aliphatic carbocycles. The lowest BCUT2D eigenvalue weighted by molar-refractivity contribution is 0.0105. The molecule has 4 nitrogen and oxygen atoms in total. The van der Waals surface area contributed by atoms with Crippen LogP contribution in [0.1, 0.15) is 5.01 Å². The maximum atomic E-state index is 5.31. The van der Waals surface area contributed by atoms with E-state index in [-0.39, 0.29) is 0 Å². The first-order valence-electron chi connectivity index (χ1n) is 5.95. The zero-order valence-corrected chi connectivity index (χ0v) is 11.6. The molecule has 96 valence electrons. The first-order chi connectivity index (χ1) is 8.92. The fourth-order valence-electron chi connectivity index (χ4n) is 1.83. The second-order valence-corrected chi connectivity index (χ2v) is 5.96. The van der Waals surface area contributed by atoms with Crippen molar-refractivity contribution in [2.24, 2.45) is 0 Å². The summed E-state index contributed by atoms with van der Waals surface area (Å²) in [5.74, 6) is 0. The number of rotatable bonds is 4. The first kappa shape index (κ1) is 12.3. The Hall–Kier alpha value is -0.790. The highest BCUT2D eigenvalue weighted by molar-refractivity contribution is 7.15. The summed E-state index contributed by atoms with van der Waals surface area (Å²) in [4.78, 5) is 5.70. The van der Waals surface area contributed by atoms with Gasteiger partial charge in [0.1, 0.15) is 5.01 Å². The van der Waals surface area contributed by atoms with Crippen molar-refractivity contribution in [3.05, 3.63) is 28.0 Å².